The highest BCUT2D eigenvalue weighted by Crippen LogP contribution is 2.35. The number of halogens is 1. The minimum Gasteiger partial charge on any atom is -0.464 e. The molecule has 0 fully saturated rings. The average molecular weight is 342 g/mol. The molecule has 2 nitrogen and oxygen atoms in total. The lowest BCUT2D eigenvalue weighted by Gasteiger charge is -2.14. The first-order valence-electron chi connectivity index (χ1n) is 6.73. The van der Waals surface area contributed by atoms with E-state index in [1.807, 2.05) is 0 Å². The molecule has 2 aromatic heterocycles. The van der Waals surface area contributed by atoms with E-state index in [-0.39, 0.29) is 6.04 Å². The van der Waals surface area contributed by atoms with Gasteiger partial charge in [0.15, 0.2) is 0 Å². The van der Waals surface area contributed by atoms with Gasteiger partial charge in [0.05, 0.1) is 3.79 Å². The third kappa shape index (κ3) is 3.50. The Hall–Kier alpha value is -0.580. The van der Waals surface area contributed by atoms with Crippen LogP contribution in [0.15, 0.2) is 26.4 Å². The van der Waals surface area contributed by atoms with E-state index in [9.17, 15) is 0 Å². The van der Waals surface area contributed by atoms with Gasteiger partial charge in [0.25, 0.3) is 0 Å². The first-order chi connectivity index (χ1) is 9.15. The normalized spacial score (nSPS) is 12.8. The summed E-state index contributed by atoms with van der Waals surface area (Å²) in [6, 6.07) is 6.56. The van der Waals surface area contributed by atoms with E-state index in [1.165, 1.54) is 14.2 Å². The molecular formula is C15H20BrNOS. The zero-order valence-corrected chi connectivity index (χ0v) is 14.0. The molecule has 0 amide bonds. The lowest BCUT2D eigenvalue weighted by atomic mass is 10.1. The molecule has 19 heavy (non-hydrogen) atoms. The van der Waals surface area contributed by atoms with Crippen LogP contribution in [-0.4, -0.2) is 6.54 Å². The van der Waals surface area contributed by atoms with Gasteiger partial charge in [0.1, 0.15) is 17.6 Å². The van der Waals surface area contributed by atoms with Gasteiger partial charge in [-0.25, -0.2) is 0 Å². The Balaban J connectivity index is 2.29. The highest BCUT2D eigenvalue weighted by Gasteiger charge is 2.20. The minimum absolute atomic E-state index is 0.162. The van der Waals surface area contributed by atoms with Crippen molar-refractivity contribution in [1.29, 1.82) is 0 Å². The van der Waals surface area contributed by atoms with Crippen molar-refractivity contribution in [2.24, 2.45) is 0 Å². The second-order valence-electron chi connectivity index (χ2n) is 4.65. The summed E-state index contributed by atoms with van der Waals surface area (Å²) in [5.74, 6) is 2.06. The molecular weight excluding hydrogens is 322 g/mol. The quantitative estimate of drug-likeness (QED) is 0.793. The Kier molecular flexibility index (Phi) is 5.25. The van der Waals surface area contributed by atoms with Crippen molar-refractivity contribution in [1.82, 2.24) is 5.32 Å². The number of rotatable bonds is 6. The van der Waals surface area contributed by atoms with E-state index in [4.69, 9.17) is 4.42 Å². The number of aryl methyl sites for hydroxylation is 2. The fourth-order valence-corrected chi connectivity index (χ4v) is 3.65. The van der Waals surface area contributed by atoms with Crippen LogP contribution in [0.4, 0.5) is 0 Å². The summed E-state index contributed by atoms with van der Waals surface area (Å²) >= 11 is 5.38. The van der Waals surface area contributed by atoms with Gasteiger partial charge in [-0.15, -0.1) is 11.3 Å². The molecule has 1 unspecified atom stereocenters. The van der Waals surface area contributed by atoms with Crippen molar-refractivity contribution in [2.45, 2.75) is 39.7 Å². The Labute approximate surface area is 127 Å². The summed E-state index contributed by atoms with van der Waals surface area (Å²) in [5.41, 5.74) is 1.28. The summed E-state index contributed by atoms with van der Waals surface area (Å²) in [6.45, 7) is 7.41. The minimum atomic E-state index is 0.162. The van der Waals surface area contributed by atoms with Crippen LogP contribution in [0.25, 0.3) is 0 Å². The lowest BCUT2D eigenvalue weighted by molar-refractivity contribution is 0.424. The Morgan fingerprint density at radius 3 is 2.68 bits per heavy atom. The summed E-state index contributed by atoms with van der Waals surface area (Å²) in [7, 11) is 0. The molecule has 0 saturated heterocycles. The third-order valence-corrected chi connectivity index (χ3v) is 5.28. The number of furan rings is 1. The maximum absolute atomic E-state index is 5.92. The van der Waals surface area contributed by atoms with Crippen LogP contribution < -0.4 is 5.32 Å². The van der Waals surface area contributed by atoms with Crippen LogP contribution in [-0.2, 0) is 6.42 Å². The van der Waals surface area contributed by atoms with Crippen LogP contribution in [0.1, 0.15) is 48.3 Å². The molecule has 1 atom stereocenters. The highest BCUT2D eigenvalue weighted by molar-refractivity contribution is 9.11. The van der Waals surface area contributed by atoms with E-state index >= 15 is 0 Å². The smallest absolute Gasteiger partial charge is 0.126 e. The molecule has 4 heteroatoms. The summed E-state index contributed by atoms with van der Waals surface area (Å²) in [6.07, 6.45) is 2.05. The summed E-state index contributed by atoms with van der Waals surface area (Å²) in [5, 5.41) is 3.58. The molecule has 0 aromatic carbocycles. The number of hydrogen-bond donors (Lipinski definition) is 1. The van der Waals surface area contributed by atoms with E-state index in [0.717, 1.165) is 30.9 Å². The van der Waals surface area contributed by atoms with Crippen molar-refractivity contribution < 1.29 is 4.42 Å². The van der Waals surface area contributed by atoms with Crippen LogP contribution in [0.5, 0.6) is 0 Å². The molecule has 2 rings (SSSR count). The lowest BCUT2D eigenvalue weighted by Crippen LogP contribution is -2.21. The molecule has 0 saturated carbocycles. The fraction of sp³-hybridized carbons (Fsp3) is 0.467. The first kappa shape index (κ1) is 14.8. The van der Waals surface area contributed by atoms with E-state index in [0.29, 0.717) is 0 Å². The predicted molar refractivity (Wildman–Crippen MR) is 85.0 cm³/mol. The van der Waals surface area contributed by atoms with Crippen molar-refractivity contribution >= 4 is 27.3 Å². The van der Waals surface area contributed by atoms with Crippen LogP contribution in [0.2, 0.25) is 0 Å². The van der Waals surface area contributed by atoms with E-state index < -0.39 is 0 Å². The SMILES string of the molecule is CCCNC(c1ccc(CC)o1)c1cc(C)c(Br)s1. The van der Waals surface area contributed by atoms with Gasteiger partial charge in [-0.05, 0) is 59.6 Å². The molecule has 0 bridgehead atoms. The van der Waals surface area contributed by atoms with Gasteiger partial charge >= 0.3 is 0 Å². The van der Waals surface area contributed by atoms with Gasteiger partial charge in [-0.3, -0.25) is 0 Å². The molecule has 0 aliphatic heterocycles. The average Bonchev–Trinajstić information content (AvgIpc) is 2.98. The van der Waals surface area contributed by atoms with Crippen molar-refractivity contribution in [3.8, 4) is 0 Å². The van der Waals surface area contributed by atoms with Crippen molar-refractivity contribution in [2.75, 3.05) is 6.54 Å². The molecule has 0 aliphatic carbocycles. The monoisotopic (exact) mass is 341 g/mol. The van der Waals surface area contributed by atoms with Gasteiger partial charge < -0.3 is 9.73 Å². The van der Waals surface area contributed by atoms with Gasteiger partial charge in [-0.2, -0.15) is 0 Å². The van der Waals surface area contributed by atoms with Crippen molar-refractivity contribution in [3.63, 3.8) is 0 Å². The topological polar surface area (TPSA) is 25.2 Å². The standard InChI is InChI=1S/C15H20BrNOS/c1-4-8-17-14(12-7-6-11(5-2)18-12)13-9-10(3)15(16)19-13/h6-7,9,14,17H,4-5,8H2,1-3H3. The van der Waals surface area contributed by atoms with Crippen LogP contribution in [0.3, 0.4) is 0 Å². The van der Waals surface area contributed by atoms with Gasteiger partial charge in [0, 0.05) is 11.3 Å². The second-order valence-corrected chi connectivity index (χ2v) is 7.05. The molecule has 104 valence electrons. The Bertz CT molecular complexity index is 512. The Morgan fingerprint density at radius 2 is 2.16 bits per heavy atom. The molecule has 0 radical (unpaired) electrons. The molecule has 0 spiro atoms. The van der Waals surface area contributed by atoms with Crippen LogP contribution >= 0.6 is 27.3 Å². The highest BCUT2D eigenvalue weighted by atomic mass is 79.9. The third-order valence-electron chi connectivity index (χ3n) is 3.07. The molecule has 2 aromatic rings. The molecule has 1 N–H and O–H groups in total. The predicted octanol–water partition coefficient (Wildman–Crippen LogP) is 5.06. The van der Waals surface area contributed by atoms with Gasteiger partial charge in [-0.1, -0.05) is 13.8 Å². The number of hydrogen-bond acceptors (Lipinski definition) is 3. The first-order valence-corrected chi connectivity index (χ1v) is 8.34. The largest absolute Gasteiger partial charge is 0.464 e. The Morgan fingerprint density at radius 1 is 1.37 bits per heavy atom. The second kappa shape index (κ2) is 6.73. The molecule has 2 heterocycles. The number of thiophene rings is 1. The summed E-state index contributed by atoms with van der Waals surface area (Å²) in [4.78, 5) is 1.30. The fourth-order valence-electron chi connectivity index (χ4n) is 2.00. The zero-order valence-electron chi connectivity index (χ0n) is 11.6. The summed E-state index contributed by atoms with van der Waals surface area (Å²) < 4.78 is 7.13. The van der Waals surface area contributed by atoms with Crippen LogP contribution in [0, 0.1) is 6.92 Å². The van der Waals surface area contributed by atoms with E-state index in [2.05, 4.69) is 60.2 Å². The zero-order chi connectivity index (χ0) is 13.8. The molecule has 0 aliphatic rings. The van der Waals surface area contributed by atoms with Crippen molar-refractivity contribution in [3.05, 3.63) is 43.9 Å². The van der Waals surface area contributed by atoms with E-state index in [1.54, 1.807) is 11.3 Å². The number of nitrogens with one attached hydrogen (secondary N) is 1. The van der Waals surface area contributed by atoms with Gasteiger partial charge in [0.2, 0.25) is 0 Å². The maximum atomic E-state index is 5.92. The maximum Gasteiger partial charge on any atom is 0.126 e.